The molecule has 3 aliphatic carbocycles. The van der Waals surface area contributed by atoms with Crippen LogP contribution in [0.2, 0.25) is 0 Å². The third-order valence-corrected chi connectivity index (χ3v) is 4.97. The molecule has 1 N–H and O–H groups in total. The molecule has 0 amide bonds. The Hall–Kier alpha value is -0.0400. The first kappa shape index (κ1) is 11.4. The molecule has 0 spiro atoms. The van der Waals surface area contributed by atoms with Crippen molar-refractivity contribution in [1.29, 1.82) is 0 Å². The van der Waals surface area contributed by atoms with Crippen molar-refractivity contribution in [3.8, 4) is 0 Å². The van der Waals surface area contributed by atoms with Gasteiger partial charge in [0.15, 0.2) is 0 Å². The smallest absolute Gasteiger partial charge is 0.0103 e. The molecule has 0 saturated heterocycles. The van der Waals surface area contributed by atoms with Gasteiger partial charge in [0, 0.05) is 11.6 Å². The van der Waals surface area contributed by atoms with Gasteiger partial charge in [-0.25, -0.2) is 0 Å². The molecule has 88 valence electrons. The summed E-state index contributed by atoms with van der Waals surface area (Å²) < 4.78 is 0. The van der Waals surface area contributed by atoms with E-state index in [0.29, 0.717) is 5.41 Å². The fourth-order valence-electron chi connectivity index (χ4n) is 3.90. The number of hydrogen-bond donors (Lipinski definition) is 1. The predicted octanol–water partition coefficient (Wildman–Crippen LogP) is 3.45. The van der Waals surface area contributed by atoms with Crippen molar-refractivity contribution in [2.24, 2.45) is 23.2 Å². The largest absolute Gasteiger partial charge is 0.309 e. The van der Waals surface area contributed by atoms with Gasteiger partial charge < -0.3 is 5.32 Å². The van der Waals surface area contributed by atoms with Crippen molar-refractivity contribution < 1.29 is 0 Å². The standard InChI is InChI=1S/C14H27N/c1-9-11-7-10(14(11,5)6)8-12(9)15-13(2,3)4/h9-12,15H,7-8H2,1-6H3/t9-,10+,11-,12+/m0/s1. The number of nitrogens with one attached hydrogen (secondary N) is 1. The molecule has 0 aliphatic heterocycles. The second-order valence-electron chi connectivity index (χ2n) is 7.46. The van der Waals surface area contributed by atoms with E-state index in [1.807, 2.05) is 0 Å². The van der Waals surface area contributed by atoms with Crippen LogP contribution in [0.25, 0.3) is 0 Å². The number of fused-ring (bicyclic) bond motifs is 2. The molecule has 0 radical (unpaired) electrons. The first-order valence-electron chi connectivity index (χ1n) is 6.49. The molecule has 1 heteroatoms. The SMILES string of the molecule is C[C@@H]1[C@H](NC(C)(C)C)C[C@H]2C[C@@H]1C2(C)C. The molecule has 3 fully saturated rings. The van der Waals surface area contributed by atoms with E-state index >= 15 is 0 Å². The quantitative estimate of drug-likeness (QED) is 0.697. The highest BCUT2D eigenvalue weighted by Gasteiger charge is 2.56. The summed E-state index contributed by atoms with van der Waals surface area (Å²) in [6.45, 7) is 14.2. The van der Waals surface area contributed by atoms with Crippen LogP contribution in [0.5, 0.6) is 0 Å². The summed E-state index contributed by atoms with van der Waals surface area (Å²) >= 11 is 0. The molecule has 4 atom stereocenters. The van der Waals surface area contributed by atoms with Crippen molar-refractivity contribution in [2.45, 2.75) is 66.0 Å². The van der Waals surface area contributed by atoms with Crippen molar-refractivity contribution in [1.82, 2.24) is 5.32 Å². The van der Waals surface area contributed by atoms with E-state index in [-0.39, 0.29) is 5.54 Å². The lowest BCUT2D eigenvalue weighted by Gasteiger charge is -2.62. The van der Waals surface area contributed by atoms with E-state index in [2.05, 4.69) is 46.9 Å². The van der Waals surface area contributed by atoms with Crippen molar-refractivity contribution >= 4 is 0 Å². The molecule has 3 saturated carbocycles. The highest BCUT2D eigenvalue weighted by Crippen LogP contribution is 2.61. The average molecular weight is 209 g/mol. The van der Waals surface area contributed by atoms with Gasteiger partial charge in [0.25, 0.3) is 0 Å². The minimum Gasteiger partial charge on any atom is -0.309 e. The Morgan fingerprint density at radius 2 is 1.73 bits per heavy atom. The highest BCUT2D eigenvalue weighted by molar-refractivity contribution is 5.07. The molecule has 2 bridgehead atoms. The Bertz CT molecular complexity index is 249. The maximum atomic E-state index is 3.81. The summed E-state index contributed by atoms with van der Waals surface area (Å²) in [6, 6.07) is 0.752. The molecule has 15 heavy (non-hydrogen) atoms. The summed E-state index contributed by atoms with van der Waals surface area (Å²) in [7, 11) is 0. The van der Waals surface area contributed by atoms with Crippen LogP contribution in [0, 0.1) is 23.2 Å². The lowest BCUT2D eigenvalue weighted by atomic mass is 9.44. The Kier molecular flexibility index (Phi) is 2.46. The van der Waals surface area contributed by atoms with Crippen molar-refractivity contribution in [3.05, 3.63) is 0 Å². The molecule has 3 rings (SSSR count). The molecule has 0 unspecified atom stereocenters. The number of hydrogen-bond acceptors (Lipinski definition) is 1. The summed E-state index contributed by atoms with van der Waals surface area (Å²) in [5, 5.41) is 3.81. The van der Waals surface area contributed by atoms with Gasteiger partial charge in [-0.2, -0.15) is 0 Å². The average Bonchev–Trinajstić information content (AvgIpc) is 2.05. The fourth-order valence-corrected chi connectivity index (χ4v) is 3.90. The molecule has 3 aliphatic rings. The van der Waals surface area contributed by atoms with Gasteiger partial charge in [-0.05, 0) is 56.8 Å². The third kappa shape index (κ3) is 1.84. The predicted molar refractivity (Wildman–Crippen MR) is 65.8 cm³/mol. The second-order valence-corrected chi connectivity index (χ2v) is 7.46. The Morgan fingerprint density at radius 3 is 2.13 bits per heavy atom. The summed E-state index contributed by atoms with van der Waals surface area (Å²) in [6.07, 6.45) is 2.87. The van der Waals surface area contributed by atoms with Gasteiger partial charge in [-0.3, -0.25) is 0 Å². The van der Waals surface area contributed by atoms with E-state index in [9.17, 15) is 0 Å². The maximum absolute atomic E-state index is 3.81. The van der Waals surface area contributed by atoms with Gasteiger partial charge in [-0.1, -0.05) is 20.8 Å². The van der Waals surface area contributed by atoms with Crippen LogP contribution in [0.1, 0.15) is 54.4 Å². The Labute approximate surface area is 95.0 Å². The van der Waals surface area contributed by atoms with Gasteiger partial charge >= 0.3 is 0 Å². The van der Waals surface area contributed by atoms with E-state index in [1.165, 1.54) is 12.8 Å². The Morgan fingerprint density at radius 1 is 1.13 bits per heavy atom. The van der Waals surface area contributed by atoms with Crippen LogP contribution in [0.15, 0.2) is 0 Å². The second kappa shape index (κ2) is 3.23. The van der Waals surface area contributed by atoms with Crippen LogP contribution in [0.3, 0.4) is 0 Å². The minimum absolute atomic E-state index is 0.271. The zero-order valence-corrected chi connectivity index (χ0v) is 11.2. The molecule has 0 aromatic rings. The normalized spacial score (nSPS) is 43.6. The van der Waals surface area contributed by atoms with Gasteiger partial charge in [0.2, 0.25) is 0 Å². The van der Waals surface area contributed by atoms with Crippen LogP contribution < -0.4 is 5.32 Å². The van der Waals surface area contributed by atoms with E-state index in [1.54, 1.807) is 0 Å². The molecule has 0 aromatic heterocycles. The first-order valence-corrected chi connectivity index (χ1v) is 6.49. The highest BCUT2D eigenvalue weighted by atomic mass is 15.0. The topological polar surface area (TPSA) is 12.0 Å². The van der Waals surface area contributed by atoms with Crippen molar-refractivity contribution in [3.63, 3.8) is 0 Å². The van der Waals surface area contributed by atoms with Crippen LogP contribution in [-0.4, -0.2) is 11.6 Å². The molecule has 0 aromatic carbocycles. The van der Waals surface area contributed by atoms with Crippen LogP contribution >= 0.6 is 0 Å². The van der Waals surface area contributed by atoms with Crippen LogP contribution in [-0.2, 0) is 0 Å². The van der Waals surface area contributed by atoms with E-state index in [4.69, 9.17) is 0 Å². The van der Waals surface area contributed by atoms with Gasteiger partial charge in [0.1, 0.15) is 0 Å². The Balaban J connectivity index is 2.03. The molecular weight excluding hydrogens is 182 g/mol. The lowest BCUT2D eigenvalue weighted by Crippen LogP contribution is -2.62. The molecular formula is C14H27N. The van der Waals surface area contributed by atoms with E-state index < -0.39 is 0 Å². The zero-order chi connectivity index (χ0) is 11.4. The molecule has 1 nitrogen and oxygen atoms in total. The van der Waals surface area contributed by atoms with Crippen LogP contribution in [0.4, 0.5) is 0 Å². The van der Waals surface area contributed by atoms with Gasteiger partial charge in [0.05, 0.1) is 0 Å². The minimum atomic E-state index is 0.271. The lowest BCUT2D eigenvalue weighted by molar-refractivity contribution is -0.118. The monoisotopic (exact) mass is 209 g/mol. The van der Waals surface area contributed by atoms with Crippen molar-refractivity contribution in [2.75, 3.05) is 0 Å². The summed E-state index contributed by atoms with van der Waals surface area (Å²) in [5.41, 5.74) is 0.891. The van der Waals surface area contributed by atoms with Gasteiger partial charge in [-0.15, -0.1) is 0 Å². The summed E-state index contributed by atoms with van der Waals surface area (Å²) in [5.74, 6) is 2.78. The first-order chi connectivity index (χ1) is 6.72. The fraction of sp³-hybridized carbons (Fsp3) is 1.00. The van der Waals surface area contributed by atoms with E-state index in [0.717, 1.165) is 23.8 Å². The summed E-state index contributed by atoms with van der Waals surface area (Å²) in [4.78, 5) is 0. The zero-order valence-electron chi connectivity index (χ0n) is 11.2. The molecule has 0 heterocycles. The third-order valence-electron chi connectivity index (χ3n) is 4.97. The maximum Gasteiger partial charge on any atom is 0.0103 e. The number of rotatable bonds is 1.